The van der Waals surface area contributed by atoms with Crippen LogP contribution >= 0.6 is 11.3 Å². The molecule has 1 atom stereocenters. The SMILES string of the molecule is O=C(Nc1ccc(F)cc1)c1nnc([C@@H]2CCCN(C(=O)NCCc3ccccc3)C2)s1. The molecule has 32 heavy (non-hydrogen) atoms. The molecule has 0 unspecified atom stereocenters. The zero-order valence-corrected chi connectivity index (χ0v) is 18.3. The number of aromatic nitrogens is 2. The van der Waals surface area contributed by atoms with Crippen LogP contribution in [0.4, 0.5) is 14.9 Å². The van der Waals surface area contributed by atoms with Crippen molar-refractivity contribution in [3.63, 3.8) is 0 Å². The van der Waals surface area contributed by atoms with Crippen molar-refractivity contribution in [2.24, 2.45) is 0 Å². The highest BCUT2D eigenvalue weighted by atomic mass is 32.1. The van der Waals surface area contributed by atoms with Crippen LogP contribution in [0.1, 0.15) is 39.1 Å². The number of nitrogens with zero attached hydrogens (tertiary/aromatic N) is 3. The van der Waals surface area contributed by atoms with E-state index in [2.05, 4.69) is 20.8 Å². The van der Waals surface area contributed by atoms with Crippen molar-refractivity contribution < 1.29 is 14.0 Å². The zero-order chi connectivity index (χ0) is 22.3. The number of hydrogen-bond donors (Lipinski definition) is 2. The molecule has 3 amide bonds. The van der Waals surface area contributed by atoms with Crippen LogP contribution in [-0.2, 0) is 6.42 Å². The molecule has 2 N–H and O–H groups in total. The Morgan fingerprint density at radius 3 is 2.66 bits per heavy atom. The van der Waals surface area contributed by atoms with Gasteiger partial charge in [0.1, 0.15) is 10.8 Å². The van der Waals surface area contributed by atoms with E-state index >= 15 is 0 Å². The molecule has 9 heteroatoms. The summed E-state index contributed by atoms with van der Waals surface area (Å²) >= 11 is 1.23. The van der Waals surface area contributed by atoms with Gasteiger partial charge in [-0.05, 0) is 49.1 Å². The van der Waals surface area contributed by atoms with Gasteiger partial charge in [-0.1, -0.05) is 41.7 Å². The van der Waals surface area contributed by atoms with Gasteiger partial charge in [-0.15, -0.1) is 10.2 Å². The van der Waals surface area contributed by atoms with Gasteiger partial charge < -0.3 is 15.5 Å². The quantitative estimate of drug-likeness (QED) is 0.589. The second-order valence-electron chi connectivity index (χ2n) is 7.66. The molecule has 0 bridgehead atoms. The molecule has 166 valence electrons. The summed E-state index contributed by atoms with van der Waals surface area (Å²) in [5, 5.41) is 14.9. The number of nitrogens with one attached hydrogen (secondary N) is 2. The first-order valence-corrected chi connectivity index (χ1v) is 11.4. The van der Waals surface area contributed by atoms with Gasteiger partial charge in [0.2, 0.25) is 5.01 Å². The highest BCUT2D eigenvalue weighted by molar-refractivity contribution is 7.13. The number of piperidine rings is 1. The van der Waals surface area contributed by atoms with E-state index < -0.39 is 0 Å². The van der Waals surface area contributed by atoms with Crippen LogP contribution in [0.15, 0.2) is 54.6 Å². The average molecular weight is 454 g/mol. The first kappa shape index (κ1) is 21.9. The fourth-order valence-corrected chi connectivity index (χ4v) is 4.51. The van der Waals surface area contributed by atoms with Crippen LogP contribution in [0.2, 0.25) is 0 Å². The fraction of sp³-hybridized carbons (Fsp3) is 0.304. The van der Waals surface area contributed by atoms with Crippen LogP contribution in [0.25, 0.3) is 0 Å². The highest BCUT2D eigenvalue weighted by Gasteiger charge is 2.28. The summed E-state index contributed by atoms with van der Waals surface area (Å²) in [6, 6.07) is 15.5. The maximum absolute atomic E-state index is 13.0. The van der Waals surface area contributed by atoms with E-state index in [4.69, 9.17) is 0 Å². The number of benzene rings is 2. The molecule has 1 saturated heterocycles. The Labute approximate surface area is 189 Å². The van der Waals surface area contributed by atoms with Gasteiger partial charge in [0.25, 0.3) is 5.91 Å². The van der Waals surface area contributed by atoms with Crippen molar-refractivity contribution in [2.45, 2.75) is 25.2 Å². The Bertz CT molecular complexity index is 1060. The Balaban J connectivity index is 1.30. The van der Waals surface area contributed by atoms with Crippen LogP contribution < -0.4 is 10.6 Å². The molecule has 1 aliphatic heterocycles. The Hall–Kier alpha value is -3.33. The summed E-state index contributed by atoms with van der Waals surface area (Å²) in [6.45, 7) is 1.83. The maximum atomic E-state index is 13.0. The van der Waals surface area contributed by atoms with Gasteiger partial charge in [0.15, 0.2) is 0 Å². The molecule has 1 fully saturated rings. The summed E-state index contributed by atoms with van der Waals surface area (Å²) in [4.78, 5) is 26.8. The lowest BCUT2D eigenvalue weighted by Gasteiger charge is -2.31. The first-order valence-electron chi connectivity index (χ1n) is 10.6. The number of anilines is 1. The number of hydrogen-bond acceptors (Lipinski definition) is 5. The number of carbonyl (C=O) groups is 2. The molecule has 2 aromatic carbocycles. The molecule has 1 aliphatic rings. The van der Waals surface area contributed by atoms with Crippen molar-refractivity contribution in [1.82, 2.24) is 20.4 Å². The minimum absolute atomic E-state index is 0.0495. The van der Waals surface area contributed by atoms with E-state index in [0.29, 0.717) is 25.3 Å². The molecule has 2 heterocycles. The Morgan fingerprint density at radius 1 is 1.09 bits per heavy atom. The number of rotatable bonds is 6. The number of amides is 3. The summed E-state index contributed by atoms with van der Waals surface area (Å²) in [5.74, 6) is -0.702. The topological polar surface area (TPSA) is 87.2 Å². The summed E-state index contributed by atoms with van der Waals surface area (Å²) in [6.07, 6.45) is 2.54. The first-order chi connectivity index (χ1) is 15.6. The highest BCUT2D eigenvalue weighted by Crippen LogP contribution is 2.29. The third-order valence-electron chi connectivity index (χ3n) is 5.33. The Morgan fingerprint density at radius 2 is 1.88 bits per heavy atom. The van der Waals surface area contributed by atoms with Crippen molar-refractivity contribution in [3.8, 4) is 0 Å². The van der Waals surface area contributed by atoms with E-state index in [0.717, 1.165) is 24.3 Å². The third kappa shape index (κ3) is 5.67. The zero-order valence-electron chi connectivity index (χ0n) is 17.5. The van der Waals surface area contributed by atoms with E-state index in [1.807, 2.05) is 30.3 Å². The molecule has 4 rings (SSSR count). The van der Waals surface area contributed by atoms with Gasteiger partial charge in [-0.3, -0.25) is 4.79 Å². The van der Waals surface area contributed by atoms with Crippen molar-refractivity contribution in [2.75, 3.05) is 25.0 Å². The minimum atomic E-state index is -0.383. The second-order valence-corrected chi connectivity index (χ2v) is 8.67. The lowest BCUT2D eigenvalue weighted by atomic mass is 9.99. The Kier molecular flexibility index (Phi) is 7.06. The molecule has 7 nitrogen and oxygen atoms in total. The molecule has 0 saturated carbocycles. The lowest BCUT2D eigenvalue weighted by molar-refractivity contribution is 0.102. The average Bonchev–Trinajstić information content (AvgIpc) is 3.32. The molecule has 0 radical (unpaired) electrons. The minimum Gasteiger partial charge on any atom is -0.338 e. The number of likely N-dealkylation sites (tertiary alicyclic amines) is 1. The lowest BCUT2D eigenvalue weighted by Crippen LogP contribution is -2.45. The van der Waals surface area contributed by atoms with Gasteiger partial charge >= 0.3 is 6.03 Å². The third-order valence-corrected chi connectivity index (χ3v) is 6.41. The number of carbonyl (C=O) groups excluding carboxylic acids is 2. The van der Waals surface area contributed by atoms with E-state index in [9.17, 15) is 14.0 Å². The van der Waals surface area contributed by atoms with Gasteiger partial charge in [0.05, 0.1) is 0 Å². The smallest absolute Gasteiger partial charge is 0.317 e. The molecule has 3 aromatic rings. The van der Waals surface area contributed by atoms with E-state index in [1.165, 1.54) is 41.2 Å². The fourth-order valence-electron chi connectivity index (χ4n) is 3.64. The summed E-state index contributed by atoms with van der Waals surface area (Å²) < 4.78 is 13.0. The van der Waals surface area contributed by atoms with Gasteiger partial charge in [-0.25, -0.2) is 9.18 Å². The van der Waals surface area contributed by atoms with E-state index in [-0.39, 0.29) is 28.7 Å². The second kappa shape index (κ2) is 10.3. The van der Waals surface area contributed by atoms with Crippen LogP contribution in [0.5, 0.6) is 0 Å². The van der Waals surface area contributed by atoms with Crippen molar-refractivity contribution >= 4 is 29.0 Å². The molecule has 0 aliphatic carbocycles. The van der Waals surface area contributed by atoms with Crippen LogP contribution in [0, 0.1) is 5.82 Å². The molecular weight excluding hydrogens is 429 g/mol. The maximum Gasteiger partial charge on any atom is 0.317 e. The van der Waals surface area contributed by atoms with Gasteiger partial charge in [0, 0.05) is 31.2 Å². The predicted octanol–water partition coefficient (Wildman–Crippen LogP) is 4.06. The molecule has 1 aromatic heterocycles. The summed E-state index contributed by atoms with van der Waals surface area (Å²) in [5.41, 5.74) is 1.67. The van der Waals surface area contributed by atoms with E-state index in [1.54, 1.807) is 4.90 Å². The number of halogens is 1. The van der Waals surface area contributed by atoms with Crippen LogP contribution in [-0.4, -0.2) is 46.7 Å². The normalized spacial score (nSPS) is 15.9. The predicted molar refractivity (Wildman–Crippen MR) is 121 cm³/mol. The van der Waals surface area contributed by atoms with Crippen molar-refractivity contribution in [1.29, 1.82) is 0 Å². The number of urea groups is 1. The molecular formula is C23H24FN5O2S. The standard InChI is InChI=1S/C23H24FN5O2S/c24-18-8-10-19(11-9-18)26-20(30)22-28-27-21(32-22)17-7-4-14-29(15-17)23(31)25-13-12-16-5-2-1-3-6-16/h1-3,5-6,8-11,17H,4,7,12-15H2,(H,25,31)(H,26,30)/t17-/m1/s1. The largest absolute Gasteiger partial charge is 0.338 e. The van der Waals surface area contributed by atoms with Gasteiger partial charge in [-0.2, -0.15) is 0 Å². The summed E-state index contributed by atoms with van der Waals surface area (Å²) in [7, 11) is 0. The monoisotopic (exact) mass is 453 g/mol. The molecule has 0 spiro atoms. The van der Waals surface area contributed by atoms with Crippen molar-refractivity contribution in [3.05, 3.63) is 76.0 Å². The van der Waals surface area contributed by atoms with Crippen LogP contribution in [0.3, 0.4) is 0 Å².